The van der Waals surface area contributed by atoms with Gasteiger partial charge in [0.15, 0.2) is 12.4 Å². The Balaban J connectivity index is 0.00000132. The number of aryl methyl sites for hydroxylation is 2. The van der Waals surface area contributed by atoms with E-state index in [0.717, 1.165) is 16.3 Å². The van der Waals surface area contributed by atoms with Gasteiger partial charge in [-0.25, -0.2) is 4.57 Å². The van der Waals surface area contributed by atoms with Gasteiger partial charge in [-0.15, -0.1) is 0 Å². The van der Waals surface area contributed by atoms with Crippen molar-refractivity contribution in [3.05, 3.63) is 54.5 Å². The topological polar surface area (TPSA) is 28.5 Å². The Bertz CT molecular complexity index is 989. The molecule has 4 aromatic rings. The Morgan fingerprint density at radius 3 is 2.67 bits per heavy atom. The molecule has 1 N–H and O–H groups in total. The number of phenolic OH excluding ortho intramolecular Hbond substituents is 1. The van der Waals surface area contributed by atoms with Crippen LogP contribution in [0, 0.1) is 6.92 Å². The van der Waals surface area contributed by atoms with Crippen LogP contribution in [0.4, 0.5) is 0 Å². The number of fused-ring (bicyclic) bond motifs is 5. The maximum Gasteiger partial charge on any atom is 0.193 e. The standard InChI is InChI=1S/C17H14N2O.HI/c1-11-7-16-15-8-13(20)4-3-12(15)9-19(16)17-10-18(2)6-5-14(11)17;/h3-10H,1-2H3;1H. The summed E-state index contributed by atoms with van der Waals surface area (Å²) in [6, 6.07) is 9.85. The largest absolute Gasteiger partial charge is 1.00 e. The second-order valence-electron chi connectivity index (χ2n) is 5.39. The lowest BCUT2D eigenvalue weighted by Crippen LogP contribution is -3.00. The molecule has 0 spiro atoms. The van der Waals surface area contributed by atoms with Crippen LogP contribution in [-0.4, -0.2) is 9.51 Å². The van der Waals surface area contributed by atoms with Crippen LogP contribution in [0.2, 0.25) is 0 Å². The summed E-state index contributed by atoms with van der Waals surface area (Å²) in [6.07, 6.45) is 6.33. The van der Waals surface area contributed by atoms with Gasteiger partial charge in [0.05, 0.1) is 5.52 Å². The molecule has 1 aromatic carbocycles. The summed E-state index contributed by atoms with van der Waals surface area (Å²) in [5, 5.41) is 13.2. The first-order valence-electron chi connectivity index (χ1n) is 6.66. The SMILES string of the molecule is Cc1cc2c3cc(O)ccc3cn2c2c[n+](C)ccc12.[I-]. The van der Waals surface area contributed by atoms with E-state index in [2.05, 4.69) is 46.6 Å². The number of aromatic hydroxyl groups is 1. The van der Waals surface area contributed by atoms with Crippen LogP contribution in [0.1, 0.15) is 5.56 Å². The van der Waals surface area contributed by atoms with E-state index in [-0.39, 0.29) is 24.0 Å². The van der Waals surface area contributed by atoms with Crippen molar-refractivity contribution in [2.75, 3.05) is 0 Å². The molecular weight excluding hydrogens is 375 g/mol. The highest BCUT2D eigenvalue weighted by molar-refractivity contribution is 6.02. The van der Waals surface area contributed by atoms with Crippen molar-refractivity contribution in [3.63, 3.8) is 0 Å². The number of hydrogen-bond acceptors (Lipinski definition) is 1. The number of pyridine rings is 2. The molecule has 0 bridgehead atoms. The van der Waals surface area contributed by atoms with Gasteiger partial charge in [-0.3, -0.25) is 0 Å². The minimum atomic E-state index is 0. The van der Waals surface area contributed by atoms with Gasteiger partial charge in [0.2, 0.25) is 0 Å². The van der Waals surface area contributed by atoms with Crippen LogP contribution < -0.4 is 28.5 Å². The Morgan fingerprint density at radius 2 is 1.86 bits per heavy atom. The van der Waals surface area contributed by atoms with Gasteiger partial charge in [-0.2, -0.15) is 0 Å². The quantitative estimate of drug-likeness (QED) is 0.335. The third-order valence-corrected chi connectivity index (χ3v) is 3.96. The van der Waals surface area contributed by atoms with Gasteiger partial charge in [0.25, 0.3) is 0 Å². The predicted octanol–water partition coefficient (Wildman–Crippen LogP) is 0.0882. The zero-order valence-electron chi connectivity index (χ0n) is 11.8. The van der Waals surface area contributed by atoms with Gasteiger partial charge in [0.1, 0.15) is 18.3 Å². The van der Waals surface area contributed by atoms with Crippen molar-refractivity contribution in [3.8, 4) is 5.75 Å². The third kappa shape index (κ3) is 2.05. The number of halogens is 1. The zero-order chi connectivity index (χ0) is 13.9. The Morgan fingerprint density at radius 1 is 1.05 bits per heavy atom. The molecule has 0 aliphatic rings. The second-order valence-corrected chi connectivity index (χ2v) is 5.39. The molecule has 0 saturated carbocycles. The number of benzene rings is 1. The van der Waals surface area contributed by atoms with Crippen molar-refractivity contribution in [1.29, 1.82) is 0 Å². The first-order valence-corrected chi connectivity index (χ1v) is 6.66. The molecule has 3 aromatic heterocycles. The minimum absolute atomic E-state index is 0. The highest BCUT2D eigenvalue weighted by Crippen LogP contribution is 2.30. The van der Waals surface area contributed by atoms with Gasteiger partial charge in [-0.05, 0) is 36.8 Å². The first-order chi connectivity index (χ1) is 9.63. The van der Waals surface area contributed by atoms with Gasteiger partial charge >= 0.3 is 0 Å². The fourth-order valence-corrected chi connectivity index (χ4v) is 2.95. The summed E-state index contributed by atoms with van der Waals surface area (Å²) in [4.78, 5) is 0. The summed E-state index contributed by atoms with van der Waals surface area (Å²) in [7, 11) is 2.03. The molecule has 3 heterocycles. The predicted molar refractivity (Wildman–Crippen MR) is 80.0 cm³/mol. The number of phenols is 1. The third-order valence-electron chi connectivity index (χ3n) is 3.96. The smallest absolute Gasteiger partial charge is 0.193 e. The monoisotopic (exact) mass is 390 g/mol. The lowest BCUT2D eigenvalue weighted by Gasteiger charge is -2.05. The molecule has 0 radical (unpaired) electrons. The molecule has 0 fully saturated rings. The fourth-order valence-electron chi connectivity index (χ4n) is 2.95. The van der Waals surface area contributed by atoms with Gasteiger partial charge in [-0.1, -0.05) is 0 Å². The number of aromatic nitrogens is 2. The molecule has 4 rings (SSSR count). The average Bonchev–Trinajstić information content (AvgIpc) is 2.77. The Hall–Kier alpha value is -1.82. The van der Waals surface area contributed by atoms with Crippen LogP contribution in [0.15, 0.2) is 48.9 Å². The summed E-state index contributed by atoms with van der Waals surface area (Å²) in [6.45, 7) is 2.13. The molecule has 21 heavy (non-hydrogen) atoms. The Kier molecular flexibility index (Phi) is 3.28. The molecule has 106 valence electrons. The normalized spacial score (nSPS) is 11.1. The lowest BCUT2D eigenvalue weighted by atomic mass is 10.1. The molecule has 4 heteroatoms. The number of hydrogen-bond donors (Lipinski definition) is 1. The zero-order valence-corrected chi connectivity index (χ0v) is 14.0. The maximum absolute atomic E-state index is 9.72. The van der Waals surface area contributed by atoms with E-state index in [1.165, 1.54) is 16.5 Å². The van der Waals surface area contributed by atoms with Crippen LogP contribution in [0.25, 0.3) is 27.2 Å². The van der Waals surface area contributed by atoms with E-state index < -0.39 is 0 Å². The lowest BCUT2D eigenvalue weighted by molar-refractivity contribution is -0.670. The highest BCUT2D eigenvalue weighted by Gasteiger charge is 2.11. The van der Waals surface area contributed by atoms with E-state index in [1.807, 2.05) is 19.2 Å². The van der Waals surface area contributed by atoms with Crippen molar-refractivity contribution in [1.82, 2.24) is 4.40 Å². The highest BCUT2D eigenvalue weighted by atomic mass is 127. The van der Waals surface area contributed by atoms with Crippen LogP contribution >= 0.6 is 0 Å². The van der Waals surface area contributed by atoms with E-state index in [9.17, 15) is 5.11 Å². The van der Waals surface area contributed by atoms with E-state index in [0.29, 0.717) is 5.75 Å². The molecule has 0 amide bonds. The molecule has 0 unspecified atom stereocenters. The van der Waals surface area contributed by atoms with Gasteiger partial charge < -0.3 is 33.5 Å². The minimum Gasteiger partial charge on any atom is -1.00 e. The maximum atomic E-state index is 9.72. The van der Waals surface area contributed by atoms with Crippen LogP contribution in [0.3, 0.4) is 0 Å². The van der Waals surface area contributed by atoms with Crippen LogP contribution in [-0.2, 0) is 7.05 Å². The molecular formula is C17H15IN2O. The molecule has 0 aliphatic carbocycles. The summed E-state index contributed by atoms with van der Waals surface area (Å²) in [5.74, 6) is 0.307. The number of rotatable bonds is 0. The van der Waals surface area contributed by atoms with E-state index in [1.54, 1.807) is 6.07 Å². The van der Waals surface area contributed by atoms with E-state index >= 15 is 0 Å². The van der Waals surface area contributed by atoms with Crippen molar-refractivity contribution in [2.45, 2.75) is 6.92 Å². The molecule has 0 aliphatic heterocycles. The summed E-state index contributed by atoms with van der Waals surface area (Å²) in [5.41, 5.74) is 3.56. The molecule has 0 saturated heterocycles. The summed E-state index contributed by atoms with van der Waals surface area (Å²) < 4.78 is 4.26. The van der Waals surface area contributed by atoms with Crippen molar-refractivity contribution in [2.24, 2.45) is 7.05 Å². The van der Waals surface area contributed by atoms with E-state index in [4.69, 9.17) is 0 Å². The fraction of sp³-hybridized carbons (Fsp3) is 0.118. The van der Waals surface area contributed by atoms with Crippen molar-refractivity contribution >= 4 is 27.2 Å². The Labute approximate surface area is 139 Å². The number of nitrogens with zero attached hydrogens (tertiary/aromatic N) is 2. The second kappa shape index (κ2) is 4.87. The molecule has 0 atom stereocenters. The molecule has 3 nitrogen and oxygen atoms in total. The van der Waals surface area contributed by atoms with Crippen molar-refractivity contribution < 1.29 is 33.7 Å². The first kappa shape index (κ1) is 14.1. The van der Waals surface area contributed by atoms with Crippen LogP contribution in [0.5, 0.6) is 5.75 Å². The average molecular weight is 390 g/mol. The summed E-state index contributed by atoms with van der Waals surface area (Å²) >= 11 is 0. The van der Waals surface area contributed by atoms with Gasteiger partial charge in [0, 0.05) is 28.4 Å².